The van der Waals surface area contributed by atoms with E-state index in [0.29, 0.717) is 22.7 Å². The molecular weight excluding hydrogens is 454 g/mol. The van der Waals surface area contributed by atoms with Gasteiger partial charge in [0.05, 0.1) is 11.6 Å². The number of pyridine rings is 1. The number of nitrogens with one attached hydrogen (secondary N) is 1. The maximum atomic E-state index is 13.4. The van der Waals surface area contributed by atoms with Crippen LogP contribution in [0.1, 0.15) is 80.0 Å². The molecule has 0 saturated carbocycles. The number of hydrogen-bond acceptors (Lipinski definition) is 7. The summed E-state index contributed by atoms with van der Waals surface area (Å²) in [5.74, 6) is 0.0425. The number of fused-ring (bicyclic) bond motifs is 1. The number of anilines is 2. The van der Waals surface area contributed by atoms with Crippen molar-refractivity contribution in [3.63, 3.8) is 0 Å². The molecule has 1 unspecified atom stereocenters. The molecule has 3 heterocycles. The normalized spacial score (nSPS) is 14.8. The molecule has 8 nitrogen and oxygen atoms in total. The highest BCUT2D eigenvalue weighted by Crippen LogP contribution is 2.28. The second-order valence-corrected chi connectivity index (χ2v) is 10.4. The van der Waals surface area contributed by atoms with E-state index in [4.69, 9.17) is 9.72 Å². The number of nitriles is 1. The van der Waals surface area contributed by atoms with E-state index >= 15 is 0 Å². The van der Waals surface area contributed by atoms with Crippen LogP contribution in [0, 0.1) is 18.3 Å². The molecule has 1 aliphatic heterocycles. The molecule has 0 spiro atoms. The Morgan fingerprint density at radius 3 is 2.56 bits per heavy atom. The number of carbonyl (C=O) groups excluding carboxylic acids is 1. The van der Waals surface area contributed by atoms with Gasteiger partial charge in [-0.15, -0.1) is 0 Å². The summed E-state index contributed by atoms with van der Waals surface area (Å²) in [6.07, 6.45) is 4.86. The highest BCUT2D eigenvalue weighted by Gasteiger charge is 2.24. The number of esters is 1. The van der Waals surface area contributed by atoms with Crippen LogP contribution in [0.4, 0.5) is 11.5 Å². The number of nitrogens with zero attached hydrogens (tertiary/aromatic N) is 4. The van der Waals surface area contributed by atoms with Crippen molar-refractivity contribution in [3.05, 3.63) is 69.1 Å². The SMILES string of the molecule is Cc1cc(C(C)Nc2ccccc2C(=O)OC(C)(C)C)c2nc(N3CCCCC3)c(C#N)c(=O)n2c1. The van der Waals surface area contributed by atoms with Gasteiger partial charge in [0.15, 0.2) is 11.4 Å². The number of para-hydroxylation sites is 1. The van der Waals surface area contributed by atoms with Gasteiger partial charge in [-0.1, -0.05) is 12.1 Å². The zero-order chi connectivity index (χ0) is 26.0. The molecule has 4 rings (SSSR count). The Morgan fingerprint density at radius 2 is 1.89 bits per heavy atom. The zero-order valence-corrected chi connectivity index (χ0v) is 21.6. The predicted molar refractivity (Wildman–Crippen MR) is 141 cm³/mol. The summed E-state index contributed by atoms with van der Waals surface area (Å²) in [6.45, 7) is 10.9. The number of aryl methyl sites for hydroxylation is 1. The first kappa shape index (κ1) is 25.2. The topological polar surface area (TPSA) is 99.7 Å². The Labute approximate surface area is 211 Å². The van der Waals surface area contributed by atoms with Gasteiger partial charge < -0.3 is 15.0 Å². The lowest BCUT2D eigenvalue weighted by atomic mass is 10.1. The van der Waals surface area contributed by atoms with Crippen LogP contribution in [0.3, 0.4) is 0 Å². The minimum Gasteiger partial charge on any atom is -0.456 e. The van der Waals surface area contributed by atoms with Crippen molar-refractivity contribution in [2.75, 3.05) is 23.3 Å². The zero-order valence-electron chi connectivity index (χ0n) is 21.6. The Hall–Kier alpha value is -3.86. The third-order valence-corrected chi connectivity index (χ3v) is 6.22. The van der Waals surface area contributed by atoms with Crippen molar-refractivity contribution < 1.29 is 9.53 Å². The first-order valence-electron chi connectivity index (χ1n) is 12.4. The van der Waals surface area contributed by atoms with E-state index in [-0.39, 0.29) is 17.2 Å². The van der Waals surface area contributed by atoms with Gasteiger partial charge in [0.2, 0.25) is 0 Å². The number of ether oxygens (including phenoxy) is 1. The highest BCUT2D eigenvalue weighted by atomic mass is 16.6. The molecule has 0 aliphatic carbocycles. The molecule has 0 amide bonds. The van der Waals surface area contributed by atoms with Crippen molar-refractivity contribution in [2.45, 2.75) is 65.5 Å². The molecule has 1 fully saturated rings. The molecule has 0 bridgehead atoms. The minimum absolute atomic E-state index is 0.0711. The number of benzene rings is 1. The van der Waals surface area contributed by atoms with E-state index in [1.54, 1.807) is 18.3 Å². The molecule has 3 aromatic rings. The monoisotopic (exact) mass is 487 g/mol. The number of carbonyl (C=O) groups is 1. The van der Waals surface area contributed by atoms with Crippen molar-refractivity contribution >= 4 is 23.1 Å². The maximum absolute atomic E-state index is 13.4. The lowest BCUT2D eigenvalue weighted by Crippen LogP contribution is -2.34. The molecule has 2 aromatic heterocycles. The first-order chi connectivity index (χ1) is 17.1. The van der Waals surface area contributed by atoms with Gasteiger partial charge in [-0.05, 0) is 77.6 Å². The Morgan fingerprint density at radius 1 is 1.19 bits per heavy atom. The van der Waals surface area contributed by atoms with Gasteiger partial charge in [-0.2, -0.15) is 5.26 Å². The van der Waals surface area contributed by atoms with Gasteiger partial charge in [-0.3, -0.25) is 9.20 Å². The molecule has 0 radical (unpaired) electrons. The third-order valence-electron chi connectivity index (χ3n) is 6.22. The molecule has 1 saturated heterocycles. The molecule has 1 aliphatic rings. The molecule has 1 aromatic carbocycles. The van der Waals surface area contributed by atoms with Crippen molar-refractivity contribution in [1.29, 1.82) is 5.26 Å². The molecular formula is C28H33N5O3. The van der Waals surface area contributed by atoms with Gasteiger partial charge in [0.25, 0.3) is 5.56 Å². The van der Waals surface area contributed by atoms with Crippen molar-refractivity contribution in [3.8, 4) is 6.07 Å². The van der Waals surface area contributed by atoms with Crippen LogP contribution < -0.4 is 15.8 Å². The van der Waals surface area contributed by atoms with E-state index < -0.39 is 11.6 Å². The summed E-state index contributed by atoms with van der Waals surface area (Å²) in [7, 11) is 0. The fraction of sp³-hybridized carbons (Fsp3) is 0.429. The summed E-state index contributed by atoms with van der Waals surface area (Å²) >= 11 is 0. The minimum atomic E-state index is -0.614. The lowest BCUT2D eigenvalue weighted by molar-refractivity contribution is 0.00706. The Kier molecular flexibility index (Phi) is 7.02. The largest absolute Gasteiger partial charge is 0.456 e. The van der Waals surface area contributed by atoms with Crippen LogP contribution in [-0.4, -0.2) is 34.0 Å². The van der Waals surface area contributed by atoms with Gasteiger partial charge >= 0.3 is 5.97 Å². The van der Waals surface area contributed by atoms with E-state index in [0.717, 1.165) is 43.5 Å². The number of piperidine rings is 1. The second-order valence-electron chi connectivity index (χ2n) is 10.4. The molecule has 188 valence electrons. The maximum Gasteiger partial charge on any atom is 0.340 e. The first-order valence-corrected chi connectivity index (χ1v) is 12.4. The van der Waals surface area contributed by atoms with E-state index in [1.807, 2.05) is 57.7 Å². The van der Waals surface area contributed by atoms with Crippen molar-refractivity contribution in [2.24, 2.45) is 0 Å². The summed E-state index contributed by atoms with van der Waals surface area (Å²) in [6, 6.07) is 11.0. The molecule has 8 heteroatoms. The van der Waals surface area contributed by atoms with Crippen LogP contribution in [0.2, 0.25) is 0 Å². The van der Waals surface area contributed by atoms with E-state index in [9.17, 15) is 14.9 Å². The van der Waals surface area contributed by atoms with Crippen LogP contribution in [0.5, 0.6) is 0 Å². The fourth-order valence-electron chi connectivity index (χ4n) is 4.58. The predicted octanol–water partition coefficient (Wildman–Crippen LogP) is 4.99. The molecule has 1 N–H and O–H groups in total. The lowest BCUT2D eigenvalue weighted by Gasteiger charge is -2.29. The third kappa shape index (κ3) is 5.20. The quantitative estimate of drug-likeness (QED) is 0.506. The Bertz CT molecular complexity index is 1390. The van der Waals surface area contributed by atoms with Crippen LogP contribution >= 0.6 is 0 Å². The highest BCUT2D eigenvalue weighted by molar-refractivity contribution is 5.96. The molecule has 1 atom stereocenters. The van der Waals surface area contributed by atoms with Crippen LogP contribution in [-0.2, 0) is 4.74 Å². The average Bonchev–Trinajstić information content (AvgIpc) is 2.83. The standard InChI is InChI=1S/C28H33N5O3/c1-18-15-21(19(2)30-23-12-8-7-11-20(23)27(35)36-28(3,4)5)25-31-24(32-13-9-6-10-14-32)22(16-29)26(34)33(25)17-18/h7-8,11-12,15,17,19,30H,6,9-10,13-14H2,1-5H3. The summed E-state index contributed by atoms with van der Waals surface area (Å²) in [5, 5.41) is 13.2. The fourth-order valence-corrected chi connectivity index (χ4v) is 4.58. The van der Waals surface area contributed by atoms with Gasteiger partial charge in [0.1, 0.15) is 17.3 Å². The number of rotatable bonds is 5. The number of aromatic nitrogens is 2. The Balaban J connectivity index is 1.79. The van der Waals surface area contributed by atoms with Crippen LogP contribution in [0.25, 0.3) is 5.65 Å². The number of hydrogen-bond donors (Lipinski definition) is 1. The van der Waals surface area contributed by atoms with E-state index in [2.05, 4.69) is 11.4 Å². The average molecular weight is 488 g/mol. The van der Waals surface area contributed by atoms with Crippen molar-refractivity contribution in [1.82, 2.24) is 9.38 Å². The summed E-state index contributed by atoms with van der Waals surface area (Å²) in [4.78, 5) is 33.1. The summed E-state index contributed by atoms with van der Waals surface area (Å²) < 4.78 is 7.06. The van der Waals surface area contributed by atoms with E-state index in [1.165, 1.54) is 4.40 Å². The summed E-state index contributed by atoms with van der Waals surface area (Å²) in [5.41, 5.74) is 2.32. The van der Waals surface area contributed by atoms with Gasteiger partial charge in [-0.25, -0.2) is 9.78 Å². The van der Waals surface area contributed by atoms with Gasteiger partial charge in [0, 0.05) is 30.5 Å². The van der Waals surface area contributed by atoms with Crippen LogP contribution in [0.15, 0.2) is 41.3 Å². The molecule has 36 heavy (non-hydrogen) atoms. The second kappa shape index (κ2) is 10.0. The smallest absolute Gasteiger partial charge is 0.340 e.